The number of carbonyl (C=O) groups excluding carboxylic acids is 1. The third-order valence-corrected chi connectivity index (χ3v) is 2.67. The molecule has 15 heavy (non-hydrogen) atoms. The number of amides is 1. The van der Waals surface area contributed by atoms with Gasteiger partial charge in [-0.3, -0.25) is 4.79 Å². The van der Waals surface area contributed by atoms with Crippen LogP contribution in [-0.2, 0) is 4.79 Å². The van der Waals surface area contributed by atoms with Crippen molar-refractivity contribution in [3.63, 3.8) is 0 Å². The Bertz CT molecular complexity index is 357. The van der Waals surface area contributed by atoms with E-state index < -0.39 is 0 Å². The highest BCUT2D eigenvalue weighted by atomic mass is 79.9. The molecule has 0 radical (unpaired) electrons. The van der Waals surface area contributed by atoms with Crippen LogP contribution in [0.1, 0.15) is 6.92 Å². The Kier molecular flexibility index (Phi) is 4.91. The van der Waals surface area contributed by atoms with Crippen LogP contribution in [-0.4, -0.2) is 19.0 Å². The first-order chi connectivity index (χ1) is 7.09. The molecule has 2 N–H and O–H groups in total. The van der Waals surface area contributed by atoms with Crippen molar-refractivity contribution in [3.05, 3.63) is 27.7 Å². The fraction of sp³-hybridized carbons (Fsp3) is 0.300. The third kappa shape index (κ3) is 4.53. The average molecular weight is 292 g/mol. The van der Waals surface area contributed by atoms with E-state index in [-0.39, 0.29) is 5.91 Å². The largest absolute Gasteiger partial charge is 0.382 e. The summed E-state index contributed by atoms with van der Waals surface area (Å²) in [6.45, 7) is 2.75. The minimum atomic E-state index is -0.0260. The Morgan fingerprint density at radius 3 is 2.87 bits per heavy atom. The fourth-order valence-electron chi connectivity index (χ4n) is 1.07. The van der Waals surface area contributed by atoms with Crippen LogP contribution in [0.2, 0.25) is 5.02 Å². The standard InChI is InChI=1S/C10H12BrClN2O/c1-7(15)13-4-5-14-10-6-8(12)2-3-9(10)11/h2-3,6,14H,4-5H2,1H3,(H,13,15). The molecular weight excluding hydrogens is 279 g/mol. The normalized spacial score (nSPS) is 9.80. The second-order valence-corrected chi connectivity index (χ2v) is 4.32. The summed E-state index contributed by atoms with van der Waals surface area (Å²) < 4.78 is 0.953. The lowest BCUT2D eigenvalue weighted by molar-refractivity contribution is -0.118. The lowest BCUT2D eigenvalue weighted by atomic mass is 10.3. The first-order valence-electron chi connectivity index (χ1n) is 4.53. The minimum absolute atomic E-state index is 0.0260. The molecule has 5 heteroatoms. The topological polar surface area (TPSA) is 41.1 Å². The van der Waals surface area contributed by atoms with Gasteiger partial charge in [-0.25, -0.2) is 0 Å². The van der Waals surface area contributed by atoms with E-state index in [1.807, 2.05) is 18.2 Å². The van der Waals surface area contributed by atoms with Gasteiger partial charge < -0.3 is 10.6 Å². The number of hydrogen-bond donors (Lipinski definition) is 2. The maximum atomic E-state index is 10.6. The first-order valence-corrected chi connectivity index (χ1v) is 5.70. The van der Waals surface area contributed by atoms with E-state index >= 15 is 0 Å². The summed E-state index contributed by atoms with van der Waals surface area (Å²) in [6.07, 6.45) is 0. The predicted octanol–water partition coefficient (Wildman–Crippen LogP) is 2.65. The van der Waals surface area contributed by atoms with Gasteiger partial charge in [0.25, 0.3) is 0 Å². The maximum Gasteiger partial charge on any atom is 0.216 e. The van der Waals surface area contributed by atoms with E-state index in [4.69, 9.17) is 11.6 Å². The van der Waals surface area contributed by atoms with Crippen molar-refractivity contribution in [1.82, 2.24) is 5.32 Å². The highest BCUT2D eigenvalue weighted by molar-refractivity contribution is 9.10. The van der Waals surface area contributed by atoms with Crippen molar-refractivity contribution < 1.29 is 4.79 Å². The zero-order valence-corrected chi connectivity index (χ0v) is 10.7. The molecule has 1 aromatic carbocycles. The molecule has 0 aliphatic heterocycles. The van der Waals surface area contributed by atoms with Crippen LogP contribution in [0.4, 0.5) is 5.69 Å². The summed E-state index contributed by atoms with van der Waals surface area (Å²) in [5.41, 5.74) is 0.924. The van der Waals surface area contributed by atoms with Crippen LogP contribution >= 0.6 is 27.5 Å². The quantitative estimate of drug-likeness (QED) is 0.837. The number of halogens is 2. The molecule has 0 atom stereocenters. The zero-order valence-electron chi connectivity index (χ0n) is 8.31. The van der Waals surface area contributed by atoms with Gasteiger partial charge in [0.1, 0.15) is 0 Å². The molecule has 0 heterocycles. The molecule has 0 fully saturated rings. The summed E-state index contributed by atoms with van der Waals surface area (Å²) in [7, 11) is 0. The molecule has 0 spiro atoms. The second-order valence-electron chi connectivity index (χ2n) is 3.03. The van der Waals surface area contributed by atoms with E-state index in [0.717, 1.165) is 10.2 Å². The third-order valence-electron chi connectivity index (χ3n) is 1.74. The van der Waals surface area contributed by atoms with Crippen LogP contribution in [0, 0.1) is 0 Å². The highest BCUT2D eigenvalue weighted by Gasteiger charge is 1.99. The van der Waals surface area contributed by atoms with Gasteiger partial charge in [0.2, 0.25) is 5.91 Å². The van der Waals surface area contributed by atoms with Crippen molar-refractivity contribution >= 4 is 39.1 Å². The van der Waals surface area contributed by atoms with E-state index in [2.05, 4.69) is 26.6 Å². The Morgan fingerprint density at radius 1 is 1.47 bits per heavy atom. The molecule has 1 amide bonds. The lowest BCUT2D eigenvalue weighted by Gasteiger charge is -2.09. The van der Waals surface area contributed by atoms with Gasteiger partial charge in [-0.1, -0.05) is 11.6 Å². The average Bonchev–Trinajstić information content (AvgIpc) is 2.17. The number of benzene rings is 1. The number of hydrogen-bond acceptors (Lipinski definition) is 2. The number of carbonyl (C=O) groups is 1. The molecule has 0 aliphatic carbocycles. The molecule has 3 nitrogen and oxygen atoms in total. The monoisotopic (exact) mass is 290 g/mol. The zero-order chi connectivity index (χ0) is 11.3. The second kappa shape index (κ2) is 5.98. The van der Waals surface area contributed by atoms with Crippen LogP contribution in [0.15, 0.2) is 22.7 Å². The van der Waals surface area contributed by atoms with Crippen LogP contribution in [0.3, 0.4) is 0 Å². The molecule has 0 bridgehead atoms. The molecular formula is C10H12BrClN2O. The summed E-state index contributed by atoms with van der Waals surface area (Å²) in [5.74, 6) is -0.0260. The van der Waals surface area contributed by atoms with Gasteiger partial charge in [-0.05, 0) is 34.1 Å². The van der Waals surface area contributed by atoms with Crippen molar-refractivity contribution in [2.45, 2.75) is 6.92 Å². The van der Waals surface area contributed by atoms with Gasteiger partial charge in [-0.15, -0.1) is 0 Å². The predicted molar refractivity (Wildman–Crippen MR) is 66.3 cm³/mol. The molecule has 0 aliphatic rings. The number of rotatable bonds is 4. The SMILES string of the molecule is CC(=O)NCCNc1cc(Cl)ccc1Br. The smallest absolute Gasteiger partial charge is 0.216 e. The number of nitrogens with one attached hydrogen (secondary N) is 2. The van der Waals surface area contributed by atoms with E-state index in [1.165, 1.54) is 6.92 Å². The number of anilines is 1. The minimum Gasteiger partial charge on any atom is -0.382 e. The maximum absolute atomic E-state index is 10.6. The van der Waals surface area contributed by atoms with Crippen molar-refractivity contribution in [3.8, 4) is 0 Å². The molecule has 0 unspecified atom stereocenters. The van der Waals surface area contributed by atoms with Crippen LogP contribution in [0.5, 0.6) is 0 Å². The Balaban J connectivity index is 2.43. The van der Waals surface area contributed by atoms with Gasteiger partial charge in [0.15, 0.2) is 0 Å². The summed E-state index contributed by atoms with van der Waals surface area (Å²) >= 11 is 9.25. The Hall–Kier alpha value is -0.740. The van der Waals surface area contributed by atoms with Crippen molar-refractivity contribution in [2.24, 2.45) is 0 Å². The highest BCUT2D eigenvalue weighted by Crippen LogP contribution is 2.25. The molecule has 0 saturated carbocycles. The fourth-order valence-corrected chi connectivity index (χ4v) is 1.63. The molecule has 0 aromatic heterocycles. The van der Waals surface area contributed by atoms with Gasteiger partial charge in [0, 0.05) is 35.2 Å². The summed E-state index contributed by atoms with van der Waals surface area (Å²) in [4.78, 5) is 10.6. The van der Waals surface area contributed by atoms with Crippen molar-refractivity contribution in [2.75, 3.05) is 18.4 Å². The Morgan fingerprint density at radius 2 is 2.20 bits per heavy atom. The van der Waals surface area contributed by atoms with E-state index in [1.54, 1.807) is 0 Å². The summed E-state index contributed by atoms with van der Waals surface area (Å²) in [5, 5.41) is 6.54. The van der Waals surface area contributed by atoms with E-state index in [0.29, 0.717) is 18.1 Å². The van der Waals surface area contributed by atoms with Crippen LogP contribution in [0.25, 0.3) is 0 Å². The van der Waals surface area contributed by atoms with Gasteiger partial charge in [0.05, 0.1) is 0 Å². The Labute approximate surface area is 102 Å². The van der Waals surface area contributed by atoms with E-state index in [9.17, 15) is 4.79 Å². The van der Waals surface area contributed by atoms with Crippen LogP contribution < -0.4 is 10.6 Å². The molecule has 0 saturated heterocycles. The summed E-state index contributed by atoms with van der Waals surface area (Å²) in [6, 6.07) is 5.52. The van der Waals surface area contributed by atoms with Gasteiger partial charge in [-0.2, -0.15) is 0 Å². The molecule has 1 rings (SSSR count). The molecule has 82 valence electrons. The van der Waals surface area contributed by atoms with Gasteiger partial charge >= 0.3 is 0 Å². The van der Waals surface area contributed by atoms with Crippen molar-refractivity contribution in [1.29, 1.82) is 0 Å². The lowest BCUT2D eigenvalue weighted by Crippen LogP contribution is -2.26. The molecule has 1 aromatic rings. The first kappa shape index (κ1) is 12.3.